The Bertz CT molecular complexity index is 379. The van der Waals surface area contributed by atoms with Gasteiger partial charge in [-0.3, -0.25) is 19.4 Å². The van der Waals surface area contributed by atoms with E-state index >= 15 is 0 Å². The lowest BCUT2D eigenvalue weighted by atomic mass is 10.1. The van der Waals surface area contributed by atoms with Gasteiger partial charge in [0.1, 0.15) is 6.04 Å². The summed E-state index contributed by atoms with van der Waals surface area (Å²) in [5, 5.41) is 4.68. The van der Waals surface area contributed by atoms with E-state index in [0.29, 0.717) is 19.4 Å². The summed E-state index contributed by atoms with van der Waals surface area (Å²) in [7, 11) is 0. The van der Waals surface area contributed by atoms with Gasteiger partial charge < -0.3 is 33.6 Å². The second-order valence-corrected chi connectivity index (χ2v) is 3.95. The molecule has 0 aromatic heterocycles. The fourth-order valence-electron chi connectivity index (χ4n) is 1.29. The van der Waals surface area contributed by atoms with E-state index in [4.69, 9.17) is 22.9 Å². The van der Waals surface area contributed by atoms with Gasteiger partial charge in [0.15, 0.2) is 5.96 Å². The predicted molar refractivity (Wildman–Crippen MR) is 73.1 cm³/mol. The smallest absolute Gasteiger partial charge is 0.240 e. The number of rotatable bonds is 9. The van der Waals surface area contributed by atoms with E-state index in [9.17, 15) is 14.4 Å². The molecule has 0 saturated heterocycles. The highest BCUT2D eigenvalue weighted by Crippen LogP contribution is 1.97. The summed E-state index contributed by atoms with van der Waals surface area (Å²) in [6, 6.07) is -0.841. The molecular formula is C10H21N7O3. The molecular weight excluding hydrogens is 266 g/mol. The molecule has 10 heteroatoms. The van der Waals surface area contributed by atoms with Crippen LogP contribution in [0.1, 0.15) is 12.8 Å². The quantitative estimate of drug-likeness (QED) is 0.142. The minimum Gasteiger partial charge on any atom is -0.370 e. The number of hydrogen-bond acceptors (Lipinski definition) is 5. The average molecular weight is 287 g/mol. The van der Waals surface area contributed by atoms with Gasteiger partial charge in [0.05, 0.1) is 13.1 Å². The molecule has 0 aliphatic heterocycles. The molecule has 0 aromatic carbocycles. The van der Waals surface area contributed by atoms with E-state index in [2.05, 4.69) is 15.6 Å². The fraction of sp³-hybridized carbons (Fsp3) is 0.600. The number of primary amides is 1. The van der Waals surface area contributed by atoms with Crippen LogP contribution in [0.2, 0.25) is 0 Å². The monoisotopic (exact) mass is 287 g/mol. The highest BCUT2D eigenvalue weighted by molar-refractivity contribution is 5.89. The normalized spacial score (nSPS) is 11.2. The maximum atomic E-state index is 11.5. The minimum absolute atomic E-state index is 0.0471. The third kappa shape index (κ3) is 8.69. The van der Waals surface area contributed by atoms with Crippen LogP contribution >= 0.6 is 0 Å². The number of carbonyl (C=O) groups is 3. The summed E-state index contributed by atoms with van der Waals surface area (Å²) in [4.78, 5) is 37.3. The SMILES string of the molecule is NCC(=O)NCC(=O)NC(CCCN=C(N)N)C(N)=O. The van der Waals surface area contributed by atoms with Gasteiger partial charge in [0.2, 0.25) is 17.7 Å². The first-order chi connectivity index (χ1) is 9.36. The maximum absolute atomic E-state index is 11.5. The highest BCUT2D eigenvalue weighted by Gasteiger charge is 2.17. The molecule has 0 aliphatic rings. The van der Waals surface area contributed by atoms with Crippen molar-refractivity contribution >= 4 is 23.7 Å². The Morgan fingerprint density at radius 3 is 2.25 bits per heavy atom. The van der Waals surface area contributed by atoms with Gasteiger partial charge in [0, 0.05) is 6.54 Å². The number of nitrogens with zero attached hydrogens (tertiary/aromatic N) is 1. The summed E-state index contributed by atoms with van der Waals surface area (Å²) in [6.45, 7) is -0.162. The van der Waals surface area contributed by atoms with Crippen LogP contribution in [0.25, 0.3) is 0 Å². The van der Waals surface area contributed by atoms with Crippen molar-refractivity contribution in [2.75, 3.05) is 19.6 Å². The third-order valence-electron chi connectivity index (χ3n) is 2.26. The Labute approximate surface area is 116 Å². The van der Waals surface area contributed by atoms with Crippen molar-refractivity contribution in [3.8, 4) is 0 Å². The molecule has 20 heavy (non-hydrogen) atoms. The van der Waals surface area contributed by atoms with Crippen LogP contribution in [0, 0.1) is 0 Å². The highest BCUT2D eigenvalue weighted by atomic mass is 16.2. The van der Waals surface area contributed by atoms with Crippen LogP contribution in [-0.4, -0.2) is 49.4 Å². The molecule has 0 spiro atoms. The predicted octanol–water partition coefficient (Wildman–Crippen LogP) is -3.91. The van der Waals surface area contributed by atoms with Crippen LogP contribution in [-0.2, 0) is 14.4 Å². The molecule has 0 rings (SSSR count). The number of aliphatic imine (C=N–C) groups is 1. The van der Waals surface area contributed by atoms with Gasteiger partial charge in [-0.1, -0.05) is 0 Å². The van der Waals surface area contributed by atoms with Crippen LogP contribution in [0.5, 0.6) is 0 Å². The largest absolute Gasteiger partial charge is 0.370 e. The minimum atomic E-state index is -0.841. The molecule has 0 fully saturated rings. The summed E-state index contributed by atoms with van der Waals surface area (Å²) in [6.07, 6.45) is 0.767. The fourth-order valence-corrected chi connectivity index (χ4v) is 1.29. The van der Waals surface area contributed by atoms with E-state index in [1.54, 1.807) is 0 Å². The van der Waals surface area contributed by atoms with Crippen LogP contribution in [0.15, 0.2) is 4.99 Å². The number of hydrogen-bond donors (Lipinski definition) is 6. The van der Waals surface area contributed by atoms with Crippen LogP contribution in [0.3, 0.4) is 0 Å². The third-order valence-corrected chi connectivity index (χ3v) is 2.26. The molecule has 0 heterocycles. The van der Waals surface area contributed by atoms with Crippen molar-refractivity contribution < 1.29 is 14.4 Å². The van der Waals surface area contributed by atoms with Crippen molar-refractivity contribution in [3.05, 3.63) is 0 Å². The number of amides is 3. The van der Waals surface area contributed by atoms with E-state index < -0.39 is 23.8 Å². The number of carbonyl (C=O) groups excluding carboxylic acids is 3. The van der Waals surface area contributed by atoms with Crippen molar-refractivity contribution in [1.82, 2.24) is 10.6 Å². The lowest BCUT2D eigenvalue weighted by molar-refractivity contribution is -0.128. The van der Waals surface area contributed by atoms with E-state index in [0.717, 1.165) is 0 Å². The number of nitrogens with one attached hydrogen (secondary N) is 2. The van der Waals surface area contributed by atoms with Crippen molar-refractivity contribution in [2.24, 2.45) is 27.9 Å². The van der Waals surface area contributed by atoms with E-state index in [1.807, 2.05) is 0 Å². The molecule has 1 unspecified atom stereocenters. The van der Waals surface area contributed by atoms with Gasteiger partial charge in [-0.05, 0) is 12.8 Å². The van der Waals surface area contributed by atoms with Crippen LogP contribution < -0.4 is 33.6 Å². The van der Waals surface area contributed by atoms with Crippen molar-refractivity contribution in [1.29, 1.82) is 0 Å². The molecule has 1 atom stereocenters. The zero-order valence-electron chi connectivity index (χ0n) is 11.1. The van der Waals surface area contributed by atoms with Crippen molar-refractivity contribution in [3.63, 3.8) is 0 Å². The first kappa shape index (κ1) is 17.6. The number of nitrogens with two attached hydrogens (primary N) is 4. The Hall–Kier alpha value is -2.36. The molecule has 10 N–H and O–H groups in total. The molecule has 0 bridgehead atoms. The molecule has 114 valence electrons. The lowest BCUT2D eigenvalue weighted by Gasteiger charge is -2.15. The van der Waals surface area contributed by atoms with E-state index in [-0.39, 0.29) is 19.0 Å². The van der Waals surface area contributed by atoms with Gasteiger partial charge in [0.25, 0.3) is 0 Å². The van der Waals surface area contributed by atoms with Crippen LogP contribution in [0.4, 0.5) is 0 Å². The lowest BCUT2D eigenvalue weighted by Crippen LogP contribution is -2.48. The molecule has 3 amide bonds. The first-order valence-corrected chi connectivity index (χ1v) is 5.97. The van der Waals surface area contributed by atoms with Gasteiger partial charge in [-0.25, -0.2) is 0 Å². The molecule has 0 saturated carbocycles. The van der Waals surface area contributed by atoms with Gasteiger partial charge in [-0.15, -0.1) is 0 Å². The van der Waals surface area contributed by atoms with Gasteiger partial charge >= 0.3 is 0 Å². The van der Waals surface area contributed by atoms with Gasteiger partial charge in [-0.2, -0.15) is 0 Å². The summed E-state index contributed by atoms with van der Waals surface area (Å²) >= 11 is 0. The Balaban J connectivity index is 4.13. The van der Waals surface area contributed by atoms with Crippen molar-refractivity contribution in [2.45, 2.75) is 18.9 Å². The zero-order valence-corrected chi connectivity index (χ0v) is 11.1. The van der Waals surface area contributed by atoms with E-state index in [1.165, 1.54) is 0 Å². The molecule has 10 nitrogen and oxygen atoms in total. The summed E-state index contributed by atoms with van der Waals surface area (Å²) in [5.74, 6) is -1.72. The maximum Gasteiger partial charge on any atom is 0.240 e. The number of guanidine groups is 1. The second-order valence-electron chi connectivity index (χ2n) is 3.95. The first-order valence-electron chi connectivity index (χ1n) is 5.97. The Morgan fingerprint density at radius 2 is 1.75 bits per heavy atom. The molecule has 0 aromatic rings. The molecule has 0 radical (unpaired) electrons. The topological polar surface area (TPSA) is 192 Å². The average Bonchev–Trinajstić information content (AvgIpc) is 2.38. The molecule has 0 aliphatic carbocycles. The summed E-state index contributed by atoms with van der Waals surface area (Å²) < 4.78 is 0. The zero-order chi connectivity index (χ0) is 15.5. The standard InChI is InChI=1S/C10H21N7O3/c11-4-7(18)16-5-8(19)17-6(9(12)20)2-1-3-15-10(13)14/h6H,1-5,11H2,(H2,12,20)(H,16,18)(H,17,19)(H4,13,14,15). The summed E-state index contributed by atoms with van der Waals surface area (Å²) in [5.41, 5.74) is 20.5. The Morgan fingerprint density at radius 1 is 1.10 bits per heavy atom. The second kappa shape index (κ2) is 9.55. The Kier molecular flexibility index (Phi) is 8.43.